The number of fused-ring (bicyclic) bond motifs is 1. The van der Waals surface area contributed by atoms with E-state index in [-0.39, 0.29) is 11.8 Å². The van der Waals surface area contributed by atoms with Gasteiger partial charge >= 0.3 is 0 Å². The minimum absolute atomic E-state index is 0.234. The van der Waals surface area contributed by atoms with Crippen LogP contribution in [0.15, 0.2) is 169 Å². The van der Waals surface area contributed by atoms with E-state index in [0.717, 1.165) is 45.0 Å². The summed E-state index contributed by atoms with van der Waals surface area (Å²) in [5, 5.41) is 0. The third kappa shape index (κ3) is 5.64. The Morgan fingerprint density at radius 1 is 0.385 bits per heavy atom. The number of carbonyl (C=O) groups excluding carboxylic acids is 2. The van der Waals surface area contributed by atoms with E-state index in [0.29, 0.717) is 33.9 Å². The Bertz CT molecular complexity index is 2180. The Morgan fingerprint density at radius 2 is 0.692 bits per heavy atom. The van der Waals surface area contributed by atoms with E-state index in [2.05, 4.69) is 34.1 Å². The average Bonchev–Trinajstić information content (AvgIpc) is 3.66. The van der Waals surface area contributed by atoms with Crippen molar-refractivity contribution in [2.24, 2.45) is 0 Å². The number of anilines is 6. The number of benzene rings is 6. The summed E-state index contributed by atoms with van der Waals surface area (Å²) in [4.78, 5) is 37.6. The quantitative estimate of drug-likeness (QED) is 0.161. The SMILES string of the molecule is Cc1ccc(N2C(=O)C3=C(c4ccc(N(C)c5ccccc5)cc4)N(c4ccc(C)cc4)C(=O)C3=C2c2ccc(N(C)c3ccccc3)cc2)cc1. The molecule has 0 aromatic heterocycles. The highest BCUT2D eigenvalue weighted by Crippen LogP contribution is 2.50. The highest BCUT2D eigenvalue weighted by Gasteiger charge is 2.50. The maximum Gasteiger partial charge on any atom is 0.265 e. The minimum atomic E-state index is -0.234. The van der Waals surface area contributed by atoms with E-state index in [1.165, 1.54) is 0 Å². The largest absolute Gasteiger partial charge is 0.345 e. The van der Waals surface area contributed by atoms with Gasteiger partial charge in [0.15, 0.2) is 0 Å². The van der Waals surface area contributed by atoms with Gasteiger partial charge in [-0.15, -0.1) is 0 Å². The summed E-state index contributed by atoms with van der Waals surface area (Å²) in [6.07, 6.45) is 0. The van der Waals surface area contributed by atoms with Gasteiger partial charge in [0, 0.05) is 48.2 Å². The number of rotatable bonds is 8. The average molecular weight is 679 g/mol. The first-order valence-electron chi connectivity index (χ1n) is 17.4. The third-order valence-electron chi connectivity index (χ3n) is 9.93. The standard InChI is InChI=1S/C46H38N4O2/c1-31-15-23-39(24-16-31)49-43(33-19-27-37(28-20-33)47(3)35-11-7-5-8-12-35)41-42(45(49)51)44(50(46(41)52)40-25-17-32(2)18-26-40)34-21-29-38(30-22-34)48(4)36-13-9-6-10-14-36/h5-30H,1-4H3. The van der Waals surface area contributed by atoms with Crippen LogP contribution in [0.25, 0.3) is 11.4 Å². The van der Waals surface area contributed by atoms with Crippen LogP contribution in [0.2, 0.25) is 0 Å². The second-order valence-electron chi connectivity index (χ2n) is 13.3. The van der Waals surface area contributed by atoms with Crippen LogP contribution in [0.3, 0.4) is 0 Å². The third-order valence-corrected chi connectivity index (χ3v) is 9.93. The minimum Gasteiger partial charge on any atom is -0.345 e. The molecule has 0 fully saturated rings. The van der Waals surface area contributed by atoms with Crippen LogP contribution in [0.4, 0.5) is 34.1 Å². The second-order valence-corrected chi connectivity index (χ2v) is 13.3. The Balaban J connectivity index is 1.31. The number of aryl methyl sites for hydroxylation is 2. The van der Waals surface area contributed by atoms with Gasteiger partial charge in [0.1, 0.15) is 0 Å². The molecule has 0 saturated heterocycles. The molecule has 0 aliphatic carbocycles. The van der Waals surface area contributed by atoms with Gasteiger partial charge in [0.05, 0.1) is 22.5 Å². The Morgan fingerprint density at radius 3 is 1.02 bits per heavy atom. The lowest BCUT2D eigenvalue weighted by atomic mass is 10.0. The van der Waals surface area contributed by atoms with E-state index in [1.807, 2.05) is 161 Å². The molecule has 0 atom stereocenters. The van der Waals surface area contributed by atoms with E-state index in [4.69, 9.17) is 0 Å². The first kappa shape index (κ1) is 32.5. The molecule has 2 heterocycles. The fourth-order valence-corrected chi connectivity index (χ4v) is 7.02. The topological polar surface area (TPSA) is 47.1 Å². The fourth-order valence-electron chi connectivity index (χ4n) is 7.02. The van der Waals surface area contributed by atoms with E-state index in [9.17, 15) is 9.59 Å². The molecular formula is C46H38N4O2. The molecule has 0 radical (unpaired) electrons. The monoisotopic (exact) mass is 678 g/mol. The lowest BCUT2D eigenvalue weighted by molar-refractivity contribution is -0.115. The highest BCUT2D eigenvalue weighted by molar-refractivity contribution is 6.41. The Hall–Kier alpha value is -6.66. The number of hydrogen-bond donors (Lipinski definition) is 0. The highest BCUT2D eigenvalue weighted by atomic mass is 16.2. The van der Waals surface area contributed by atoms with Crippen molar-refractivity contribution in [3.8, 4) is 0 Å². The molecular weight excluding hydrogens is 641 g/mol. The molecule has 0 spiro atoms. The van der Waals surface area contributed by atoms with Gasteiger partial charge in [-0.25, -0.2) is 0 Å². The molecule has 254 valence electrons. The van der Waals surface area contributed by atoms with Crippen molar-refractivity contribution < 1.29 is 9.59 Å². The molecule has 52 heavy (non-hydrogen) atoms. The van der Waals surface area contributed by atoms with Crippen molar-refractivity contribution in [2.45, 2.75) is 13.8 Å². The Kier molecular flexibility index (Phi) is 8.28. The van der Waals surface area contributed by atoms with Crippen LogP contribution < -0.4 is 19.6 Å². The number of hydrogen-bond acceptors (Lipinski definition) is 4. The molecule has 0 bridgehead atoms. The number of para-hydroxylation sites is 2. The van der Waals surface area contributed by atoms with Gasteiger partial charge in [-0.3, -0.25) is 19.4 Å². The maximum absolute atomic E-state index is 15.0. The smallest absolute Gasteiger partial charge is 0.265 e. The summed E-state index contributed by atoms with van der Waals surface area (Å²) >= 11 is 0. The van der Waals surface area contributed by atoms with E-state index in [1.54, 1.807) is 9.80 Å². The van der Waals surface area contributed by atoms with Gasteiger partial charge in [-0.1, -0.05) is 96.1 Å². The first-order valence-corrected chi connectivity index (χ1v) is 17.4. The zero-order valence-corrected chi connectivity index (χ0v) is 29.6. The summed E-state index contributed by atoms with van der Waals surface area (Å²) in [6, 6.07) is 52.3. The molecule has 2 aliphatic rings. The fraction of sp³-hybridized carbons (Fsp3) is 0.0870. The second kappa shape index (κ2) is 13.2. The summed E-state index contributed by atoms with van der Waals surface area (Å²) in [5.41, 5.74) is 11.2. The zero-order chi connectivity index (χ0) is 35.9. The van der Waals surface area contributed by atoms with Gasteiger partial charge in [-0.05, 0) is 97.8 Å². The molecule has 0 unspecified atom stereocenters. The molecule has 6 nitrogen and oxygen atoms in total. The molecule has 6 heteroatoms. The van der Waals surface area contributed by atoms with Gasteiger partial charge in [-0.2, -0.15) is 0 Å². The normalized spacial score (nSPS) is 14.0. The lowest BCUT2D eigenvalue weighted by Crippen LogP contribution is -2.29. The van der Waals surface area contributed by atoms with Crippen molar-refractivity contribution in [3.63, 3.8) is 0 Å². The van der Waals surface area contributed by atoms with E-state index < -0.39 is 0 Å². The predicted octanol–water partition coefficient (Wildman–Crippen LogP) is 10.1. The molecule has 2 aliphatic heterocycles. The van der Waals surface area contributed by atoms with Crippen LogP contribution in [-0.4, -0.2) is 25.9 Å². The van der Waals surface area contributed by atoms with Gasteiger partial charge in [0.25, 0.3) is 11.8 Å². The summed E-state index contributed by atoms with van der Waals surface area (Å²) in [7, 11) is 4.06. The van der Waals surface area contributed by atoms with Crippen LogP contribution in [0.5, 0.6) is 0 Å². The van der Waals surface area contributed by atoms with Crippen LogP contribution in [0, 0.1) is 13.8 Å². The van der Waals surface area contributed by atoms with Crippen LogP contribution in [0.1, 0.15) is 22.3 Å². The molecule has 0 saturated carbocycles. The first-order chi connectivity index (χ1) is 25.3. The number of amides is 2. The van der Waals surface area contributed by atoms with Crippen molar-refractivity contribution >= 4 is 57.3 Å². The molecule has 6 aromatic carbocycles. The lowest BCUT2D eigenvalue weighted by Gasteiger charge is -2.26. The van der Waals surface area contributed by atoms with Crippen LogP contribution >= 0.6 is 0 Å². The van der Waals surface area contributed by atoms with E-state index >= 15 is 0 Å². The van der Waals surface area contributed by atoms with Crippen molar-refractivity contribution in [2.75, 3.05) is 33.7 Å². The Labute approximate surface area is 304 Å². The van der Waals surface area contributed by atoms with Crippen LogP contribution in [-0.2, 0) is 9.59 Å². The molecule has 8 rings (SSSR count). The van der Waals surface area contributed by atoms with Crippen molar-refractivity contribution in [1.29, 1.82) is 0 Å². The molecule has 2 amide bonds. The van der Waals surface area contributed by atoms with Crippen molar-refractivity contribution in [1.82, 2.24) is 0 Å². The summed E-state index contributed by atoms with van der Waals surface area (Å²) in [5.74, 6) is -0.467. The molecule has 6 aromatic rings. The van der Waals surface area contributed by atoms with Crippen molar-refractivity contribution in [3.05, 3.63) is 191 Å². The summed E-state index contributed by atoms with van der Waals surface area (Å²) in [6.45, 7) is 4.04. The summed E-state index contributed by atoms with van der Waals surface area (Å²) < 4.78 is 0. The van der Waals surface area contributed by atoms with Gasteiger partial charge in [0.2, 0.25) is 0 Å². The molecule has 0 N–H and O–H groups in total. The predicted molar refractivity (Wildman–Crippen MR) is 213 cm³/mol. The number of nitrogens with zero attached hydrogens (tertiary/aromatic N) is 4. The van der Waals surface area contributed by atoms with Gasteiger partial charge < -0.3 is 9.80 Å². The zero-order valence-electron chi connectivity index (χ0n) is 29.6. The maximum atomic E-state index is 15.0. The number of carbonyl (C=O) groups is 2.